The van der Waals surface area contributed by atoms with Crippen molar-refractivity contribution in [3.63, 3.8) is 0 Å². The van der Waals surface area contributed by atoms with Crippen LogP contribution in [0.5, 0.6) is 5.75 Å². The van der Waals surface area contributed by atoms with E-state index in [-0.39, 0.29) is 11.8 Å². The molecule has 0 fully saturated rings. The highest BCUT2D eigenvalue weighted by Crippen LogP contribution is 2.36. The normalized spacial score (nSPS) is 11.4. The van der Waals surface area contributed by atoms with Gasteiger partial charge in [0.2, 0.25) is 0 Å². The number of hydrogen-bond donors (Lipinski definition) is 1. The SMILES string of the molecule is CC(C)NCc1ccc(OCC#N)c(C(F)(F)F)c1. The third-order valence-electron chi connectivity index (χ3n) is 2.36. The first-order valence-electron chi connectivity index (χ1n) is 5.78. The second kappa shape index (κ2) is 6.43. The van der Waals surface area contributed by atoms with E-state index in [0.717, 1.165) is 6.07 Å². The molecular formula is C13H15F3N2O. The fourth-order valence-corrected chi connectivity index (χ4v) is 1.47. The van der Waals surface area contributed by atoms with Gasteiger partial charge in [-0.3, -0.25) is 0 Å². The zero-order chi connectivity index (χ0) is 14.5. The second-order valence-corrected chi connectivity index (χ2v) is 4.31. The van der Waals surface area contributed by atoms with Crippen LogP contribution in [0, 0.1) is 11.3 Å². The van der Waals surface area contributed by atoms with Crippen LogP contribution in [0.25, 0.3) is 0 Å². The average Bonchev–Trinajstić information content (AvgIpc) is 2.33. The van der Waals surface area contributed by atoms with Crippen LogP contribution in [-0.4, -0.2) is 12.6 Å². The molecule has 1 aromatic carbocycles. The quantitative estimate of drug-likeness (QED) is 0.895. The summed E-state index contributed by atoms with van der Waals surface area (Å²) in [5, 5.41) is 11.4. The van der Waals surface area contributed by atoms with Crippen molar-refractivity contribution in [2.45, 2.75) is 32.6 Å². The second-order valence-electron chi connectivity index (χ2n) is 4.31. The molecule has 0 aliphatic rings. The van der Waals surface area contributed by atoms with E-state index in [1.807, 2.05) is 13.8 Å². The van der Waals surface area contributed by atoms with Gasteiger partial charge in [0, 0.05) is 12.6 Å². The standard InChI is InChI=1S/C13H15F3N2O/c1-9(2)18-8-10-3-4-12(19-6-5-17)11(7-10)13(14,15)16/h3-4,7,9,18H,6,8H2,1-2H3. The van der Waals surface area contributed by atoms with E-state index in [0.29, 0.717) is 12.1 Å². The largest absolute Gasteiger partial charge is 0.478 e. The van der Waals surface area contributed by atoms with E-state index in [4.69, 9.17) is 10.00 Å². The van der Waals surface area contributed by atoms with Crippen LogP contribution in [0.1, 0.15) is 25.0 Å². The van der Waals surface area contributed by atoms with Gasteiger partial charge >= 0.3 is 6.18 Å². The molecule has 0 aliphatic heterocycles. The number of nitriles is 1. The lowest BCUT2D eigenvalue weighted by atomic mass is 10.1. The Balaban J connectivity index is 2.99. The van der Waals surface area contributed by atoms with E-state index < -0.39 is 18.3 Å². The fraction of sp³-hybridized carbons (Fsp3) is 0.462. The molecule has 0 unspecified atom stereocenters. The van der Waals surface area contributed by atoms with Gasteiger partial charge in [-0.1, -0.05) is 19.9 Å². The van der Waals surface area contributed by atoms with Crippen molar-refractivity contribution in [2.75, 3.05) is 6.61 Å². The zero-order valence-corrected chi connectivity index (χ0v) is 10.7. The summed E-state index contributed by atoms with van der Waals surface area (Å²) >= 11 is 0. The maximum absolute atomic E-state index is 12.9. The summed E-state index contributed by atoms with van der Waals surface area (Å²) in [5.41, 5.74) is -0.337. The summed E-state index contributed by atoms with van der Waals surface area (Å²) in [6.45, 7) is 3.76. The van der Waals surface area contributed by atoms with Crippen LogP contribution in [0.2, 0.25) is 0 Å². The lowest BCUT2D eigenvalue weighted by Gasteiger charge is -2.15. The zero-order valence-electron chi connectivity index (χ0n) is 10.7. The highest BCUT2D eigenvalue weighted by Gasteiger charge is 2.34. The number of nitrogens with one attached hydrogen (secondary N) is 1. The molecule has 104 valence electrons. The molecule has 0 bridgehead atoms. The Morgan fingerprint density at radius 1 is 1.37 bits per heavy atom. The Morgan fingerprint density at radius 2 is 2.05 bits per heavy atom. The third kappa shape index (κ3) is 4.79. The Bertz CT molecular complexity index is 464. The minimum atomic E-state index is -4.50. The number of halogens is 3. The van der Waals surface area contributed by atoms with Gasteiger partial charge < -0.3 is 10.1 Å². The number of hydrogen-bond acceptors (Lipinski definition) is 3. The number of rotatable bonds is 5. The maximum Gasteiger partial charge on any atom is 0.419 e. The number of benzene rings is 1. The molecule has 0 saturated heterocycles. The van der Waals surface area contributed by atoms with Crippen LogP contribution >= 0.6 is 0 Å². The molecule has 1 N–H and O–H groups in total. The smallest absolute Gasteiger partial charge is 0.419 e. The van der Waals surface area contributed by atoms with Crippen LogP contribution in [0.15, 0.2) is 18.2 Å². The molecule has 0 radical (unpaired) electrons. The minimum absolute atomic E-state index is 0.184. The maximum atomic E-state index is 12.9. The van der Waals surface area contributed by atoms with E-state index in [1.165, 1.54) is 6.07 Å². The van der Waals surface area contributed by atoms with E-state index in [9.17, 15) is 13.2 Å². The molecule has 1 rings (SSSR count). The molecular weight excluding hydrogens is 257 g/mol. The number of nitrogens with zero attached hydrogens (tertiary/aromatic N) is 1. The molecule has 0 heterocycles. The highest BCUT2D eigenvalue weighted by atomic mass is 19.4. The van der Waals surface area contributed by atoms with Gasteiger partial charge in [-0.25, -0.2) is 0 Å². The highest BCUT2D eigenvalue weighted by molar-refractivity contribution is 5.39. The summed E-state index contributed by atoms with van der Waals surface area (Å²) < 4.78 is 43.4. The molecule has 0 aliphatic carbocycles. The summed E-state index contributed by atoms with van der Waals surface area (Å²) in [7, 11) is 0. The van der Waals surface area contributed by atoms with Crippen molar-refractivity contribution in [2.24, 2.45) is 0 Å². The summed E-state index contributed by atoms with van der Waals surface area (Å²) in [4.78, 5) is 0. The van der Waals surface area contributed by atoms with Crippen molar-refractivity contribution in [3.8, 4) is 11.8 Å². The van der Waals surface area contributed by atoms with Crippen molar-refractivity contribution in [1.29, 1.82) is 5.26 Å². The Kier molecular flexibility index (Phi) is 5.19. The first-order chi connectivity index (χ1) is 8.84. The predicted molar refractivity (Wildman–Crippen MR) is 64.5 cm³/mol. The molecule has 19 heavy (non-hydrogen) atoms. The lowest BCUT2D eigenvalue weighted by Crippen LogP contribution is -2.22. The fourth-order valence-electron chi connectivity index (χ4n) is 1.47. The molecule has 0 atom stereocenters. The van der Waals surface area contributed by atoms with E-state index in [1.54, 1.807) is 12.1 Å². The van der Waals surface area contributed by atoms with Crippen LogP contribution in [-0.2, 0) is 12.7 Å². The van der Waals surface area contributed by atoms with Gasteiger partial charge in [-0.15, -0.1) is 0 Å². The third-order valence-corrected chi connectivity index (χ3v) is 2.36. The van der Waals surface area contributed by atoms with E-state index in [2.05, 4.69) is 5.32 Å². The molecule has 0 aromatic heterocycles. The monoisotopic (exact) mass is 272 g/mol. The molecule has 6 heteroatoms. The Morgan fingerprint density at radius 3 is 2.58 bits per heavy atom. The minimum Gasteiger partial charge on any atom is -0.478 e. The van der Waals surface area contributed by atoms with Crippen molar-refractivity contribution < 1.29 is 17.9 Å². The van der Waals surface area contributed by atoms with E-state index >= 15 is 0 Å². The average molecular weight is 272 g/mol. The van der Waals surface area contributed by atoms with Gasteiger partial charge in [0.25, 0.3) is 0 Å². The van der Waals surface area contributed by atoms with Gasteiger partial charge in [-0.2, -0.15) is 18.4 Å². The molecule has 0 amide bonds. The Labute approximate surface area is 110 Å². The summed E-state index contributed by atoms with van der Waals surface area (Å²) in [6, 6.07) is 5.68. The van der Waals surface area contributed by atoms with Crippen LogP contribution in [0.4, 0.5) is 13.2 Å². The van der Waals surface area contributed by atoms with Crippen molar-refractivity contribution in [1.82, 2.24) is 5.32 Å². The number of ether oxygens (including phenoxy) is 1. The van der Waals surface area contributed by atoms with Crippen molar-refractivity contribution >= 4 is 0 Å². The molecule has 3 nitrogen and oxygen atoms in total. The van der Waals surface area contributed by atoms with Gasteiger partial charge in [-0.05, 0) is 17.7 Å². The van der Waals surface area contributed by atoms with Crippen molar-refractivity contribution in [3.05, 3.63) is 29.3 Å². The molecule has 1 aromatic rings. The van der Waals surface area contributed by atoms with Gasteiger partial charge in [0.05, 0.1) is 5.56 Å². The topological polar surface area (TPSA) is 45.0 Å². The first-order valence-corrected chi connectivity index (χ1v) is 5.78. The van der Waals surface area contributed by atoms with Crippen LogP contribution < -0.4 is 10.1 Å². The lowest BCUT2D eigenvalue weighted by molar-refractivity contribution is -0.138. The predicted octanol–water partition coefficient (Wildman–Crippen LogP) is 3.11. The summed E-state index contributed by atoms with van der Waals surface area (Å²) in [5.74, 6) is -0.317. The molecule has 0 saturated carbocycles. The van der Waals surface area contributed by atoms with Crippen LogP contribution in [0.3, 0.4) is 0 Å². The Hall–Kier alpha value is -1.74. The summed E-state index contributed by atoms with van der Waals surface area (Å²) in [6.07, 6.45) is -4.50. The first kappa shape index (κ1) is 15.3. The van der Waals surface area contributed by atoms with Gasteiger partial charge in [0.1, 0.15) is 11.8 Å². The number of alkyl halides is 3. The molecule has 0 spiro atoms. The van der Waals surface area contributed by atoms with Gasteiger partial charge in [0.15, 0.2) is 6.61 Å².